The predicted octanol–water partition coefficient (Wildman–Crippen LogP) is 4.17. The van der Waals surface area contributed by atoms with Crippen LogP contribution in [0, 0.1) is 0 Å². The maximum absolute atomic E-state index is 13.3. The van der Waals surface area contributed by atoms with Gasteiger partial charge in [0.2, 0.25) is 5.82 Å². The molecule has 2 aromatic carbocycles. The fourth-order valence-electron chi connectivity index (χ4n) is 2.47. The summed E-state index contributed by atoms with van der Waals surface area (Å²) in [6.07, 6.45) is -3.67. The Morgan fingerprint density at radius 2 is 1.72 bits per heavy atom. The van der Waals surface area contributed by atoms with Crippen LogP contribution in [-0.2, 0) is 16.0 Å². The molecule has 11 heteroatoms. The molecule has 0 aliphatic carbocycles. The van der Waals surface area contributed by atoms with Crippen molar-refractivity contribution in [3.05, 3.63) is 48.0 Å². The summed E-state index contributed by atoms with van der Waals surface area (Å²) in [6, 6.07) is 8.75. The first-order valence-corrected chi connectivity index (χ1v) is 10.0. The first-order chi connectivity index (χ1) is 13.6. The van der Waals surface area contributed by atoms with Crippen molar-refractivity contribution >= 4 is 9.84 Å². The van der Waals surface area contributed by atoms with Gasteiger partial charge in [0.15, 0.2) is 9.84 Å². The van der Waals surface area contributed by atoms with Crippen molar-refractivity contribution in [2.24, 2.45) is 0 Å². The van der Waals surface area contributed by atoms with Gasteiger partial charge in [-0.3, -0.25) is 0 Å². The number of sulfone groups is 1. The smallest absolute Gasteiger partial charge is 0.419 e. The normalized spacial score (nSPS) is 12.2. The molecule has 0 saturated heterocycles. The molecule has 0 atom stereocenters. The second kappa shape index (κ2) is 7.82. The summed E-state index contributed by atoms with van der Waals surface area (Å²) in [5, 5.41) is 3.72. The molecule has 3 rings (SSSR count). The van der Waals surface area contributed by atoms with Gasteiger partial charge in [-0.2, -0.15) is 18.2 Å². The highest BCUT2D eigenvalue weighted by atomic mass is 32.2. The minimum Gasteiger partial charge on any atom is -0.490 e. The van der Waals surface area contributed by atoms with Crippen LogP contribution in [0.2, 0.25) is 0 Å². The summed E-state index contributed by atoms with van der Waals surface area (Å²) in [7, 11) is -3.38. The van der Waals surface area contributed by atoms with Gasteiger partial charge in [0.25, 0.3) is 5.89 Å². The van der Waals surface area contributed by atoms with Crippen molar-refractivity contribution < 1.29 is 35.2 Å². The largest absolute Gasteiger partial charge is 0.490 e. The number of aromatic nitrogens is 2. The Morgan fingerprint density at radius 3 is 2.31 bits per heavy atom. The molecule has 154 valence electrons. The quantitative estimate of drug-likeness (QED) is 0.546. The Morgan fingerprint density at radius 1 is 1.07 bits per heavy atom. The van der Waals surface area contributed by atoms with Gasteiger partial charge < -0.3 is 9.26 Å². The third-order valence-corrected chi connectivity index (χ3v) is 4.96. The molecule has 0 radical (unpaired) electrons. The van der Waals surface area contributed by atoms with Crippen LogP contribution in [0.15, 0.2) is 51.9 Å². The van der Waals surface area contributed by atoms with Gasteiger partial charge in [0, 0.05) is 17.4 Å². The van der Waals surface area contributed by atoms with Crippen molar-refractivity contribution in [1.29, 1.82) is 0 Å². The molecule has 0 N–H and O–H groups in total. The predicted molar refractivity (Wildman–Crippen MR) is 94.8 cm³/mol. The highest BCUT2D eigenvalue weighted by Gasteiger charge is 2.35. The SMILES string of the molecule is CS(=O)(=O)c1ccc(-c2noc(-c3ccc(OCCF)c(C(F)(F)F)c3)n2)cc1. The van der Waals surface area contributed by atoms with Crippen LogP contribution in [0.5, 0.6) is 5.75 Å². The number of nitrogens with zero attached hydrogens (tertiary/aromatic N) is 2. The standard InChI is InChI=1S/C18H14F4N2O4S/c1-29(25,26)13-5-2-11(3-6-13)16-23-17(28-24-16)12-4-7-15(27-9-8-19)14(10-12)18(20,21)22/h2-7,10H,8-9H2,1H3. The number of alkyl halides is 4. The van der Waals surface area contributed by atoms with E-state index in [9.17, 15) is 26.0 Å². The third-order valence-electron chi connectivity index (χ3n) is 3.83. The lowest BCUT2D eigenvalue weighted by atomic mass is 10.1. The second-order valence-corrected chi connectivity index (χ2v) is 7.98. The summed E-state index contributed by atoms with van der Waals surface area (Å²) in [4.78, 5) is 4.16. The molecule has 0 saturated carbocycles. The van der Waals surface area contributed by atoms with E-state index in [0.717, 1.165) is 18.4 Å². The number of halogens is 4. The van der Waals surface area contributed by atoms with E-state index in [0.29, 0.717) is 5.56 Å². The molecule has 0 spiro atoms. The van der Waals surface area contributed by atoms with Crippen molar-refractivity contribution in [3.8, 4) is 28.6 Å². The first kappa shape index (κ1) is 20.8. The van der Waals surface area contributed by atoms with Crippen molar-refractivity contribution in [2.75, 3.05) is 19.5 Å². The van der Waals surface area contributed by atoms with Gasteiger partial charge in [0.05, 0.1) is 10.5 Å². The minimum atomic E-state index is -4.73. The molecule has 0 aliphatic rings. The Balaban J connectivity index is 1.94. The number of hydrogen-bond donors (Lipinski definition) is 0. The van der Waals surface area contributed by atoms with Crippen molar-refractivity contribution in [3.63, 3.8) is 0 Å². The topological polar surface area (TPSA) is 82.3 Å². The molecule has 1 heterocycles. The van der Waals surface area contributed by atoms with E-state index in [4.69, 9.17) is 9.26 Å². The molecular formula is C18H14F4N2O4S. The lowest BCUT2D eigenvalue weighted by Gasteiger charge is -2.13. The van der Waals surface area contributed by atoms with Gasteiger partial charge in [-0.1, -0.05) is 5.16 Å². The van der Waals surface area contributed by atoms with Crippen LogP contribution >= 0.6 is 0 Å². The van der Waals surface area contributed by atoms with E-state index < -0.39 is 40.6 Å². The zero-order valence-corrected chi connectivity index (χ0v) is 15.7. The maximum atomic E-state index is 13.3. The average Bonchev–Trinajstić information content (AvgIpc) is 3.15. The third kappa shape index (κ3) is 4.73. The van der Waals surface area contributed by atoms with Crippen molar-refractivity contribution in [2.45, 2.75) is 11.1 Å². The van der Waals surface area contributed by atoms with Crippen molar-refractivity contribution in [1.82, 2.24) is 10.1 Å². The number of rotatable bonds is 6. The molecule has 1 aromatic heterocycles. The zero-order valence-electron chi connectivity index (χ0n) is 14.9. The molecule has 0 bridgehead atoms. The van der Waals surface area contributed by atoms with Crippen LogP contribution in [0.25, 0.3) is 22.8 Å². The average molecular weight is 430 g/mol. The minimum absolute atomic E-state index is 0.00331. The molecule has 0 amide bonds. The summed E-state index contributed by atoms with van der Waals surface area (Å²) in [6.45, 7) is -1.43. The highest BCUT2D eigenvalue weighted by molar-refractivity contribution is 7.90. The number of benzene rings is 2. The Labute approximate surface area is 163 Å². The molecule has 0 fully saturated rings. The van der Waals surface area contributed by atoms with Gasteiger partial charge in [-0.15, -0.1) is 0 Å². The summed E-state index contributed by atoms with van der Waals surface area (Å²) < 4.78 is 84.9. The maximum Gasteiger partial charge on any atom is 0.419 e. The van der Waals surface area contributed by atoms with E-state index in [1.807, 2.05) is 0 Å². The molecular weight excluding hydrogens is 416 g/mol. The van der Waals surface area contributed by atoms with Crippen LogP contribution in [0.3, 0.4) is 0 Å². The fourth-order valence-corrected chi connectivity index (χ4v) is 3.10. The summed E-state index contributed by atoms with van der Waals surface area (Å²) in [5.41, 5.74) is -0.677. The molecule has 29 heavy (non-hydrogen) atoms. The molecule has 0 aliphatic heterocycles. The fraction of sp³-hybridized carbons (Fsp3) is 0.222. The van der Waals surface area contributed by atoms with Gasteiger partial charge in [0.1, 0.15) is 19.0 Å². The number of hydrogen-bond acceptors (Lipinski definition) is 6. The van der Waals surface area contributed by atoms with E-state index >= 15 is 0 Å². The van der Waals surface area contributed by atoms with E-state index in [-0.39, 0.29) is 22.2 Å². The molecule has 3 aromatic rings. The van der Waals surface area contributed by atoms with Crippen LogP contribution in [-0.4, -0.2) is 38.1 Å². The lowest BCUT2D eigenvalue weighted by Crippen LogP contribution is -2.10. The second-order valence-electron chi connectivity index (χ2n) is 5.97. The zero-order chi connectivity index (χ0) is 21.2. The highest BCUT2D eigenvalue weighted by Crippen LogP contribution is 2.38. The van der Waals surface area contributed by atoms with E-state index in [2.05, 4.69) is 10.1 Å². The Bertz CT molecular complexity index is 1110. The lowest BCUT2D eigenvalue weighted by molar-refractivity contribution is -0.138. The molecule has 6 nitrogen and oxygen atoms in total. The van der Waals surface area contributed by atoms with Crippen LogP contribution in [0.4, 0.5) is 17.6 Å². The molecule has 0 unspecified atom stereocenters. The van der Waals surface area contributed by atoms with Gasteiger partial charge >= 0.3 is 6.18 Å². The summed E-state index contributed by atoms with van der Waals surface area (Å²) >= 11 is 0. The summed E-state index contributed by atoms with van der Waals surface area (Å²) in [5.74, 6) is -0.601. The monoisotopic (exact) mass is 430 g/mol. The van der Waals surface area contributed by atoms with E-state index in [1.165, 1.54) is 30.3 Å². The first-order valence-electron chi connectivity index (χ1n) is 8.14. The Hall–Kier alpha value is -2.95. The van der Waals surface area contributed by atoms with E-state index in [1.54, 1.807) is 0 Å². The van der Waals surface area contributed by atoms with Crippen LogP contribution < -0.4 is 4.74 Å². The van der Waals surface area contributed by atoms with Gasteiger partial charge in [-0.25, -0.2) is 12.8 Å². The Kier molecular flexibility index (Phi) is 5.60. The number of ether oxygens (including phenoxy) is 1. The van der Waals surface area contributed by atoms with Crippen LogP contribution in [0.1, 0.15) is 5.56 Å². The van der Waals surface area contributed by atoms with Gasteiger partial charge in [-0.05, 0) is 42.5 Å².